The van der Waals surface area contributed by atoms with Crippen LogP contribution in [0.5, 0.6) is 0 Å². The van der Waals surface area contributed by atoms with Crippen LogP contribution in [0.2, 0.25) is 0 Å². The van der Waals surface area contributed by atoms with Gasteiger partial charge in [-0.05, 0) is 40.2 Å². The zero-order chi connectivity index (χ0) is 17.6. The normalized spacial score (nSPS) is 12.1. The van der Waals surface area contributed by atoms with Crippen molar-refractivity contribution in [1.82, 2.24) is 15.0 Å². The Labute approximate surface area is 153 Å². The minimum atomic E-state index is -3.71. The second kappa shape index (κ2) is 5.93. The summed E-state index contributed by atoms with van der Waals surface area (Å²) in [5, 5.41) is 1.44. The van der Waals surface area contributed by atoms with Gasteiger partial charge in [0.25, 0.3) is 0 Å². The maximum absolute atomic E-state index is 13.3. The highest BCUT2D eigenvalue weighted by atomic mass is 79.9. The van der Waals surface area contributed by atoms with Gasteiger partial charge in [-0.15, -0.1) is 0 Å². The molecule has 0 bridgehead atoms. The number of aryl methyl sites for hydroxylation is 1. The molecule has 0 spiro atoms. The maximum atomic E-state index is 13.3. The van der Waals surface area contributed by atoms with Crippen molar-refractivity contribution in [2.45, 2.75) is 23.1 Å². The lowest BCUT2D eigenvalue weighted by molar-refractivity contribution is 0.596. The summed E-state index contributed by atoms with van der Waals surface area (Å²) in [4.78, 5) is 12.2. The molecule has 4 rings (SSSR count). The minimum absolute atomic E-state index is 0.218. The van der Waals surface area contributed by atoms with Crippen LogP contribution >= 0.6 is 15.9 Å². The smallest absolute Gasteiger partial charge is 0.208 e. The molecule has 0 atom stereocenters. The van der Waals surface area contributed by atoms with E-state index in [-0.39, 0.29) is 9.79 Å². The predicted octanol–water partition coefficient (Wildman–Crippen LogP) is 4.27. The molecule has 1 N–H and O–H groups in total. The van der Waals surface area contributed by atoms with Gasteiger partial charge in [0.2, 0.25) is 9.84 Å². The molecule has 0 aliphatic heterocycles. The van der Waals surface area contributed by atoms with E-state index in [1.165, 1.54) is 0 Å². The molecule has 0 aliphatic rings. The van der Waals surface area contributed by atoms with Gasteiger partial charge in [0, 0.05) is 34.1 Å². The molecule has 25 heavy (non-hydrogen) atoms. The maximum Gasteiger partial charge on any atom is 0.208 e. The van der Waals surface area contributed by atoms with E-state index in [2.05, 4.69) is 30.9 Å². The first-order chi connectivity index (χ1) is 12.0. The number of hydrogen-bond acceptors (Lipinski definition) is 4. The number of imidazole rings is 1. The average Bonchev–Trinajstić information content (AvgIpc) is 3.02. The number of nitrogens with one attached hydrogen (secondary N) is 1. The molecule has 0 aliphatic carbocycles. The quantitative estimate of drug-likeness (QED) is 0.541. The van der Waals surface area contributed by atoms with Crippen molar-refractivity contribution >= 4 is 47.6 Å². The van der Waals surface area contributed by atoms with Gasteiger partial charge in [0.15, 0.2) is 0 Å². The summed E-state index contributed by atoms with van der Waals surface area (Å²) in [6, 6.07) is 10.3. The number of sulfone groups is 1. The summed E-state index contributed by atoms with van der Waals surface area (Å²) in [5.74, 6) is 0.827. The molecular formula is C18H14BrN3O2S. The topological polar surface area (TPSA) is 75.7 Å². The summed E-state index contributed by atoms with van der Waals surface area (Å²) < 4.78 is 27.1. The van der Waals surface area contributed by atoms with E-state index in [0.29, 0.717) is 15.4 Å². The third-order valence-corrected chi connectivity index (χ3v) is 6.91. The summed E-state index contributed by atoms with van der Waals surface area (Å²) in [7, 11) is -3.71. The van der Waals surface area contributed by atoms with Crippen LogP contribution in [0.15, 0.2) is 63.1 Å². The van der Waals surface area contributed by atoms with Gasteiger partial charge in [-0.25, -0.2) is 13.4 Å². The summed E-state index contributed by atoms with van der Waals surface area (Å²) in [6.07, 6.45) is 4.02. The minimum Gasteiger partial charge on any atom is -0.342 e. The molecule has 0 fully saturated rings. The fourth-order valence-corrected chi connectivity index (χ4v) is 5.41. The first-order valence-electron chi connectivity index (χ1n) is 7.76. The van der Waals surface area contributed by atoms with Crippen LogP contribution in [0, 0.1) is 0 Å². The Morgan fingerprint density at radius 3 is 2.80 bits per heavy atom. The van der Waals surface area contributed by atoms with Crippen LogP contribution in [-0.2, 0) is 16.3 Å². The van der Waals surface area contributed by atoms with Crippen molar-refractivity contribution in [3.05, 3.63) is 59.1 Å². The van der Waals surface area contributed by atoms with Crippen LogP contribution in [-0.4, -0.2) is 23.4 Å². The van der Waals surface area contributed by atoms with E-state index in [4.69, 9.17) is 0 Å². The number of rotatable bonds is 3. The Hall–Kier alpha value is -2.25. The number of aromatic amines is 1. The first kappa shape index (κ1) is 16.2. The van der Waals surface area contributed by atoms with Crippen LogP contribution in [0.3, 0.4) is 0 Å². The van der Waals surface area contributed by atoms with Crippen LogP contribution in [0.1, 0.15) is 12.7 Å². The standard InChI is InChI=1S/C18H14BrN3O2S/c1-2-18-21-14-8-13(19)17(9-15(14)22-18)25(23,24)16-5-3-4-11-10-20-7-6-12(11)16/h3-10H,2H2,1H3,(H,21,22). The molecule has 126 valence electrons. The van der Waals surface area contributed by atoms with E-state index in [1.54, 1.807) is 42.7 Å². The van der Waals surface area contributed by atoms with Crippen LogP contribution in [0.4, 0.5) is 0 Å². The van der Waals surface area contributed by atoms with Gasteiger partial charge in [-0.3, -0.25) is 4.98 Å². The van der Waals surface area contributed by atoms with Gasteiger partial charge in [-0.2, -0.15) is 0 Å². The third kappa shape index (κ3) is 2.63. The number of hydrogen-bond donors (Lipinski definition) is 1. The molecule has 2 aromatic carbocycles. The van der Waals surface area contributed by atoms with Crippen molar-refractivity contribution in [3.63, 3.8) is 0 Å². The highest BCUT2D eigenvalue weighted by Crippen LogP contribution is 2.34. The predicted molar refractivity (Wildman–Crippen MR) is 100 cm³/mol. The molecule has 0 saturated heterocycles. The summed E-state index contributed by atoms with van der Waals surface area (Å²) in [5.41, 5.74) is 1.45. The molecule has 5 nitrogen and oxygen atoms in total. The first-order valence-corrected chi connectivity index (χ1v) is 10.0. The monoisotopic (exact) mass is 415 g/mol. The zero-order valence-electron chi connectivity index (χ0n) is 13.3. The molecule has 7 heteroatoms. The molecule has 0 unspecified atom stereocenters. The Bertz CT molecular complexity index is 1210. The molecular weight excluding hydrogens is 402 g/mol. The number of aromatic nitrogens is 3. The van der Waals surface area contributed by atoms with E-state index in [1.807, 2.05) is 13.0 Å². The SMILES string of the molecule is CCc1nc2cc(Br)c(S(=O)(=O)c3cccc4cnccc34)cc2[nH]1. The lowest BCUT2D eigenvalue weighted by atomic mass is 10.2. The van der Waals surface area contributed by atoms with Crippen molar-refractivity contribution in [1.29, 1.82) is 0 Å². The van der Waals surface area contributed by atoms with Gasteiger partial charge < -0.3 is 4.98 Å². The van der Waals surface area contributed by atoms with Crippen molar-refractivity contribution in [3.8, 4) is 0 Å². The van der Waals surface area contributed by atoms with Gasteiger partial charge in [0.1, 0.15) is 5.82 Å². The fraction of sp³-hybridized carbons (Fsp3) is 0.111. The molecule has 0 radical (unpaired) electrons. The number of halogens is 1. The molecule has 0 amide bonds. The third-order valence-electron chi connectivity index (χ3n) is 4.14. The zero-order valence-corrected chi connectivity index (χ0v) is 15.7. The summed E-state index contributed by atoms with van der Waals surface area (Å²) >= 11 is 3.40. The fourth-order valence-electron chi connectivity index (χ4n) is 2.88. The van der Waals surface area contributed by atoms with E-state index < -0.39 is 9.84 Å². The summed E-state index contributed by atoms with van der Waals surface area (Å²) in [6.45, 7) is 1.99. The van der Waals surface area contributed by atoms with Crippen LogP contribution < -0.4 is 0 Å². The van der Waals surface area contributed by atoms with Gasteiger partial charge in [0.05, 0.1) is 20.8 Å². The Morgan fingerprint density at radius 1 is 1.16 bits per heavy atom. The average molecular weight is 416 g/mol. The number of nitrogens with zero attached hydrogens (tertiary/aromatic N) is 2. The molecule has 2 aromatic heterocycles. The number of fused-ring (bicyclic) bond motifs is 2. The Morgan fingerprint density at radius 2 is 2.00 bits per heavy atom. The highest BCUT2D eigenvalue weighted by molar-refractivity contribution is 9.10. The Kier molecular flexibility index (Phi) is 3.85. The molecule has 2 heterocycles. The van der Waals surface area contributed by atoms with Crippen molar-refractivity contribution < 1.29 is 8.42 Å². The van der Waals surface area contributed by atoms with Gasteiger partial charge >= 0.3 is 0 Å². The Balaban J connectivity index is 1.98. The number of pyridine rings is 1. The largest absolute Gasteiger partial charge is 0.342 e. The molecule has 4 aromatic rings. The second-order valence-corrected chi connectivity index (χ2v) is 8.43. The van der Waals surface area contributed by atoms with E-state index in [9.17, 15) is 8.42 Å². The van der Waals surface area contributed by atoms with Crippen LogP contribution in [0.25, 0.3) is 21.8 Å². The lowest BCUT2D eigenvalue weighted by Gasteiger charge is -2.10. The van der Waals surface area contributed by atoms with Crippen molar-refractivity contribution in [2.24, 2.45) is 0 Å². The second-order valence-electron chi connectivity index (χ2n) is 5.69. The van der Waals surface area contributed by atoms with Crippen molar-refractivity contribution in [2.75, 3.05) is 0 Å². The van der Waals surface area contributed by atoms with Gasteiger partial charge in [-0.1, -0.05) is 19.1 Å². The van der Waals surface area contributed by atoms with E-state index in [0.717, 1.165) is 23.1 Å². The molecule has 0 saturated carbocycles. The lowest BCUT2D eigenvalue weighted by Crippen LogP contribution is -2.04. The number of benzene rings is 2. The highest BCUT2D eigenvalue weighted by Gasteiger charge is 2.24. The van der Waals surface area contributed by atoms with E-state index >= 15 is 0 Å². The number of H-pyrrole nitrogens is 1.